The van der Waals surface area contributed by atoms with Gasteiger partial charge in [0.15, 0.2) is 0 Å². The number of hydrogen-bond acceptors (Lipinski definition) is 1. The Kier molecular flexibility index (Phi) is 4.43. The molecule has 0 N–H and O–H groups in total. The van der Waals surface area contributed by atoms with Gasteiger partial charge >= 0.3 is 0 Å². The molecule has 1 heteroatoms. The van der Waals surface area contributed by atoms with Gasteiger partial charge in [-0.05, 0) is 24.0 Å². The molecule has 0 unspecified atom stereocenters. The lowest BCUT2D eigenvalue weighted by atomic mass is 9.86. The van der Waals surface area contributed by atoms with E-state index in [1.165, 1.54) is 5.56 Å². The summed E-state index contributed by atoms with van der Waals surface area (Å²) in [6, 6.07) is 8.22. The maximum atomic E-state index is 5.76. The van der Waals surface area contributed by atoms with Crippen molar-refractivity contribution in [2.24, 2.45) is 0 Å². The van der Waals surface area contributed by atoms with Gasteiger partial charge in [0.25, 0.3) is 0 Å². The smallest absolute Gasteiger partial charge is 0.123 e. The van der Waals surface area contributed by atoms with Crippen LogP contribution in [0.2, 0.25) is 0 Å². The van der Waals surface area contributed by atoms with E-state index in [-0.39, 0.29) is 5.41 Å². The monoisotopic (exact) mass is 216 g/mol. The van der Waals surface area contributed by atoms with Crippen LogP contribution in [0, 0.1) is 11.8 Å². The topological polar surface area (TPSA) is 9.23 Å². The Hall–Kier alpha value is -1.42. The molecular formula is C15H20O. The molecule has 0 saturated carbocycles. The first kappa shape index (κ1) is 12.6. The number of benzene rings is 1. The average molecular weight is 216 g/mol. The molecule has 1 nitrogen and oxygen atoms in total. The second kappa shape index (κ2) is 5.61. The Morgan fingerprint density at radius 2 is 1.88 bits per heavy atom. The van der Waals surface area contributed by atoms with Crippen molar-refractivity contribution in [2.75, 3.05) is 6.61 Å². The van der Waals surface area contributed by atoms with Crippen LogP contribution in [0.5, 0.6) is 5.75 Å². The van der Waals surface area contributed by atoms with Crippen molar-refractivity contribution in [2.45, 2.75) is 39.5 Å². The van der Waals surface area contributed by atoms with Crippen LogP contribution in [0.25, 0.3) is 0 Å². The quantitative estimate of drug-likeness (QED) is 0.552. The number of rotatable bonds is 3. The Morgan fingerprint density at radius 1 is 1.19 bits per heavy atom. The summed E-state index contributed by atoms with van der Waals surface area (Å²) in [5, 5.41) is 0. The highest BCUT2D eigenvalue weighted by Gasteiger charge is 2.17. The van der Waals surface area contributed by atoms with Gasteiger partial charge in [-0.2, -0.15) is 0 Å². The van der Waals surface area contributed by atoms with E-state index in [9.17, 15) is 0 Å². The van der Waals surface area contributed by atoms with Crippen LogP contribution in [-0.4, -0.2) is 6.61 Å². The summed E-state index contributed by atoms with van der Waals surface area (Å²) in [6.07, 6.45) is 0.787. The average Bonchev–Trinajstić information content (AvgIpc) is 2.24. The molecule has 0 fully saturated rings. The molecule has 0 aliphatic rings. The molecule has 0 heterocycles. The van der Waals surface area contributed by atoms with Gasteiger partial charge in [-0.15, -0.1) is 11.8 Å². The highest BCUT2D eigenvalue weighted by Crippen LogP contribution is 2.30. The summed E-state index contributed by atoms with van der Waals surface area (Å²) < 4.78 is 5.76. The van der Waals surface area contributed by atoms with E-state index in [0.717, 1.165) is 12.2 Å². The van der Waals surface area contributed by atoms with Crippen molar-refractivity contribution in [1.29, 1.82) is 0 Å². The van der Waals surface area contributed by atoms with Gasteiger partial charge in [-0.3, -0.25) is 0 Å². The first-order valence-electron chi connectivity index (χ1n) is 5.67. The zero-order chi connectivity index (χ0) is 12.0. The van der Waals surface area contributed by atoms with Crippen LogP contribution in [-0.2, 0) is 5.41 Å². The Balaban J connectivity index is 2.74. The zero-order valence-electron chi connectivity index (χ0n) is 10.6. The maximum absolute atomic E-state index is 5.76. The minimum absolute atomic E-state index is 0.118. The molecule has 1 rings (SSSR count). The lowest BCUT2D eigenvalue weighted by Gasteiger charge is -2.22. The van der Waals surface area contributed by atoms with E-state index in [0.29, 0.717) is 6.61 Å². The molecule has 1 aromatic rings. The van der Waals surface area contributed by atoms with Crippen LogP contribution in [0.3, 0.4) is 0 Å². The maximum Gasteiger partial charge on any atom is 0.123 e. The molecule has 0 spiro atoms. The number of para-hydroxylation sites is 1. The summed E-state index contributed by atoms with van der Waals surface area (Å²) in [5.41, 5.74) is 1.37. The Bertz CT molecular complexity index is 388. The molecule has 0 bridgehead atoms. The fourth-order valence-electron chi connectivity index (χ4n) is 1.55. The predicted molar refractivity (Wildman–Crippen MR) is 68.7 cm³/mol. The van der Waals surface area contributed by atoms with Gasteiger partial charge in [0.1, 0.15) is 5.75 Å². The fourth-order valence-corrected chi connectivity index (χ4v) is 1.55. The molecule has 1 aromatic carbocycles. The third kappa shape index (κ3) is 3.62. The second-order valence-corrected chi connectivity index (χ2v) is 4.77. The third-order valence-corrected chi connectivity index (χ3v) is 2.36. The lowest BCUT2D eigenvalue weighted by Crippen LogP contribution is -2.13. The molecular weight excluding hydrogens is 196 g/mol. The summed E-state index contributed by atoms with van der Waals surface area (Å²) in [5.74, 6) is 6.85. The van der Waals surface area contributed by atoms with Crippen LogP contribution in [0.15, 0.2) is 24.3 Å². The minimum atomic E-state index is 0.118. The van der Waals surface area contributed by atoms with Gasteiger partial charge in [-0.1, -0.05) is 39.0 Å². The molecule has 0 saturated heterocycles. The highest BCUT2D eigenvalue weighted by molar-refractivity contribution is 5.38. The van der Waals surface area contributed by atoms with Gasteiger partial charge in [0.2, 0.25) is 0 Å². The van der Waals surface area contributed by atoms with Crippen LogP contribution in [0.1, 0.15) is 39.7 Å². The minimum Gasteiger partial charge on any atom is -0.492 e. The van der Waals surface area contributed by atoms with Crippen molar-refractivity contribution in [3.05, 3.63) is 29.8 Å². The summed E-state index contributed by atoms with van der Waals surface area (Å²) in [6.45, 7) is 9.10. The van der Waals surface area contributed by atoms with Gasteiger partial charge in [0.05, 0.1) is 6.61 Å². The SMILES string of the molecule is CC#CCCOc1ccccc1C(C)(C)C. The van der Waals surface area contributed by atoms with Gasteiger partial charge in [0, 0.05) is 6.42 Å². The van der Waals surface area contributed by atoms with E-state index in [2.05, 4.69) is 44.7 Å². The van der Waals surface area contributed by atoms with Crippen molar-refractivity contribution in [3.63, 3.8) is 0 Å². The van der Waals surface area contributed by atoms with Crippen molar-refractivity contribution in [3.8, 4) is 17.6 Å². The molecule has 16 heavy (non-hydrogen) atoms. The summed E-state index contributed by atoms with van der Waals surface area (Å²) in [4.78, 5) is 0. The molecule has 0 aliphatic carbocycles. The second-order valence-electron chi connectivity index (χ2n) is 4.77. The summed E-state index contributed by atoms with van der Waals surface area (Å²) in [7, 11) is 0. The van der Waals surface area contributed by atoms with E-state index in [4.69, 9.17) is 4.74 Å². The first-order chi connectivity index (χ1) is 7.55. The standard InChI is InChI=1S/C15H20O/c1-5-6-9-12-16-14-11-8-7-10-13(14)15(2,3)4/h7-8,10-11H,9,12H2,1-4H3. The van der Waals surface area contributed by atoms with Crippen molar-refractivity contribution in [1.82, 2.24) is 0 Å². The third-order valence-electron chi connectivity index (χ3n) is 2.36. The molecule has 0 aromatic heterocycles. The van der Waals surface area contributed by atoms with E-state index >= 15 is 0 Å². The largest absolute Gasteiger partial charge is 0.492 e. The van der Waals surface area contributed by atoms with Gasteiger partial charge in [-0.25, -0.2) is 0 Å². The van der Waals surface area contributed by atoms with Crippen LogP contribution < -0.4 is 4.74 Å². The van der Waals surface area contributed by atoms with E-state index in [1.807, 2.05) is 19.1 Å². The lowest BCUT2D eigenvalue weighted by molar-refractivity contribution is 0.317. The Labute approximate surface area is 98.8 Å². The zero-order valence-corrected chi connectivity index (χ0v) is 10.6. The molecule has 86 valence electrons. The molecule has 0 aliphatic heterocycles. The van der Waals surface area contributed by atoms with E-state index < -0.39 is 0 Å². The number of ether oxygens (including phenoxy) is 1. The molecule has 0 radical (unpaired) electrons. The Morgan fingerprint density at radius 3 is 2.50 bits per heavy atom. The molecule has 0 atom stereocenters. The first-order valence-corrected chi connectivity index (χ1v) is 5.67. The number of hydrogen-bond donors (Lipinski definition) is 0. The van der Waals surface area contributed by atoms with Crippen LogP contribution in [0.4, 0.5) is 0 Å². The normalized spacial score (nSPS) is 10.5. The molecule has 0 amide bonds. The highest BCUT2D eigenvalue weighted by atomic mass is 16.5. The summed E-state index contributed by atoms with van der Waals surface area (Å²) >= 11 is 0. The van der Waals surface area contributed by atoms with E-state index in [1.54, 1.807) is 0 Å². The predicted octanol–water partition coefficient (Wildman–Crippen LogP) is 3.78. The fraction of sp³-hybridized carbons (Fsp3) is 0.467. The van der Waals surface area contributed by atoms with Crippen LogP contribution >= 0.6 is 0 Å². The van der Waals surface area contributed by atoms with Crippen molar-refractivity contribution < 1.29 is 4.74 Å². The van der Waals surface area contributed by atoms with Gasteiger partial charge < -0.3 is 4.74 Å². The van der Waals surface area contributed by atoms with Crippen molar-refractivity contribution >= 4 is 0 Å².